The molecule has 1 amide bonds. The average molecular weight is 339 g/mol. The Morgan fingerprint density at radius 3 is 2.78 bits per heavy atom. The maximum absolute atomic E-state index is 12.4. The van der Waals surface area contributed by atoms with E-state index in [9.17, 15) is 14.4 Å². The summed E-state index contributed by atoms with van der Waals surface area (Å²) in [6.07, 6.45) is 0. The molecule has 0 bridgehead atoms. The zero-order valence-corrected chi connectivity index (χ0v) is 13.6. The fourth-order valence-electron chi connectivity index (χ4n) is 2.74. The van der Waals surface area contributed by atoms with Gasteiger partial charge in [-0.1, -0.05) is 12.1 Å². The number of rotatable bonds is 2. The van der Waals surface area contributed by atoms with Crippen molar-refractivity contribution in [1.82, 2.24) is 19.8 Å². The first-order chi connectivity index (χ1) is 10.6. The number of hydrogen-bond acceptors (Lipinski definition) is 4. The third-order valence-corrected chi connectivity index (χ3v) is 3.90. The van der Waals surface area contributed by atoms with Crippen molar-refractivity contribution in [2.24, 2.45) is 0 Å². The molecule has 124 valence electrons. The maximum Gasteiger partial charge on any atom is 0.329 e. The smallest absolute Gasteiger partial charge is 0.329 e. The molecule has 1 atom stereocenters. The predicted octanol–water partition coefficient (Wildman–Crippen LogP) is -0.0681. The molecule has 23 heavy (non-hydrogen) atoms. The van der Waals surface area contributed by atoms with E-state index in [-0.39, 0.29) is 30.9 Å². The van der Waals surface area contributed by atoms with Crippen LogP contribution in [-0.2, 0) is 11.3 Å². The lowest BCUT2D eigenvalue weighted by molar-refractivity contribution is -0.133. The van der Waals surface area contributed by atoms with Crippen LogP contribution in [0.5, 0.6) is 0 Å². The largest absolute Gasteiger partial charge is 0.338 e. The Bertz CT molecular complexity index is 829. The van der Waals surface area contributed by atoms with Crippen molar-refractivity contribution in [2.45, 2.75) is 19.5 Å². The molecule has 2 heterocycles. The summed E-state index contributed by atoms with van der Waals surface area (Å²) < 4.78 is 0.970. The van der Waals surface area contributed by atoms with E-state index in [1.54, 1.807) is 29.2 Å². The molecule has 3 rings (SSSR count). The minimum absolute atomic E-state index is 0. The lowest BCUT2D eigenvalue weighted by atomic mass is 10.2. The molecule has 0 saturated carbocycles. The van der Waals surface area contributed by atoms with Crippen LogP contribution in [0.2, 0.25) is 0 Å². The normalized spacial score (nSPS) is 17.8. The summed E-state index contributed by atoms with van der Waals surface area (Å²) in [5.41, 5.74) is -0.506. The lowest BCUT2D eigenvalue weighted by Crippen LogP contribution is -2.53. The van der Waals surface area contributed by atoms with Crippen molar-refractivity contribution in [3.8, 4) is 0 Å². The molecule has 0 spiro atoms. The standard InChI is InChI=1S/C15H18N4O3.ClH/c1-10-8-18(7-6-16-10)13(20)9-19-14(21)11-4-2-3-5-12(11)17-15(19)22;/h2-5,10,16H,6-9H2,1H3,(H,17,22);1H. The topological polar surface area (TPSA) is 87.2 Å². The number of carbonyl (C=O) groups excluding carboxylic acids is 1. The first kappa shape index (κ1) is 17.2. The van der Waals surface area contributed by atoms with E-state index < -0.39 is 11.2 Å². The molecule has 0 aliphatic carbocycles. The minimum atomic E-state index is -0.555. The highest BCUT2D eigenvalue weighted by Crippen LogP contribution is 2.04. The second-order valence-corrected chi connectivity index (χ2v) is 5.56. The fraction of sp³-hybridized carbons (Fsp3) is 0.400. The zero-order chi connectivity index (χ0) is 15.7. The molecule has 1 saturated heterocycles. The second kappa shape index (κ2) is 6.97. The van der Waals surface area contributed by atoms with Gasteiger partial charge in [-0.3, -0.25) is 14.2 Å². The molecule has 7 nitrogen and oxygen atoms in total. The predicted molar refractivity (Wildman–Crippen MR) is 90.1 cm³/mol. The van der Waals surface area contributed by atoms with Gasteiger partial charge in [-0.2, -0.15) is 0 Å². The summed E-state index contributed by atoms with van der Waals surface area (Å²) in [7, 11) is 0. The molecule has 1 fully saturated rings. The average Bonchev–Trinajstić information content (AvgIpc) is 2.51. The van der Waals surface area contributed by atoms with Gasteiger partial charge in [0.2, 0.25) is 5.91 Å². The van der Waals surface area contributed by atoms with Gasteiger partial charge in [-0.15, -0.1) is 12.4 Å². The molecule has 1 aliphatic heterocycles. The van der Waals surface area contributed by atoms with Gasteiger partial charge in [0.15, 0.2) is 0 Å². The van der Waals surface area contributed by atoms with Gasteiger partial charge in [-0.25, -0.2) is 4.79 Å². The number of benzene rings is 1. The number of nitrogens with one attached hydrogen (secondary N) is 2. The van der Waals surface area contributed by atoms with Crippen LogP contribution in [0.4, 0.5) is 0 Å². The van der Waals surface area contributed by atoms with Crippen LogP contribution in [0.1, 0.15) is 6.92 Å². The number of fused-ring (bicyclic) bond motifs is 1. The van der Waals surface area contributed by atoms with Crippen molar-refractivity contribution in [2.75, 3.05) is 19.6 Å². The Morgan fingerprint density at radius 2 is 2.04 bits per heavy atom. The Kier molecular flexibility index (Phi) is 5.23. The number of para-hydroxylation sites is 1. The molecule has 1 aromatic carbocycles. The van der Waals surface area contributed by atoms with E-state index in [1.807, 2.05) is 6.92 Å². The summed E-state index contributed by atoms with van der Waals surface area (Å²) in [6.45, 7) is 3.65. The van der Waals surface area contributed by atoms with Crippen LogP contribution < -0.4 is 16.6 Å². The van der Waals surface area contributed by atoms with Gasteiger partial charge < -0.3 is 15.2 Å². The summed E-state index contributed by atoms with van der Waals surface area (Å²) >= 11 is 0. The lowest BCUT2D eigenvalue weighted by Gasteiger charge is -2.31. The molecule has 1 aliphatic rings. The van der Waals surface area contributed by atoms with Crippen molar-refractivity contribution in [3.63, 3.8) is 0 Å². The first-order valence-electron chi connectivity index (χ1n) is 7.29. The van der Waals surface area contributed by atoms with Gasteiger partial charge in [0.25, 0.3) is 5.56 Å². The Hall–Kier alpha value is -2.12. The number of piperazine rings is 1. The quantitative estimate of drug-likeness (QED) is 0.802. The molecule has 1 aromatic heterocycles. The van der Waals surface area contributed by atoms with Crippen LogP contribution >= 0.6 is 12.4 Å². The molecule has 8 heteroatoms. The van der Waals surface area contributed by atoms with Gasteiger partial charge in [0.05, 0.1) is 10.9 Å². The third-order valence-electron chi connectivity index (χ3n) is 3.90. The van der Waals surface area contributed by atoms with Crippen molar-refractivity contribution >= 4 is 29.2 Å². The molecule has 2 N–H and O–H groups in total. The number of nitrogens with zero attached hydrogens (tertiary/aromatic N) is 2. The monoisotopic (exact) mass is 338 g/mol. The van der Waals surface area contributed by atoms with E-state index in [1.165, 1.54) is 0 Å². The van der Waals surface area contributed by atoms with E-state index in [2.05, 4.69) is 10.3 Å². The number of aromatic nitrogens is 2. The first-order valence-corrected chi connectivity index (χ1v) is 7.29. The Morgan fingerprint density at radius 1 is 1.30 bits per heavy atom. The van der Waals surface area contributed by atoms with Crippen LogP contribution in [0.15, 0.2) is 33.9 Å². The zero-order valence-electron chi connectivity index (χ0n) is 12.7. The number of halogens is 1. The van der Waals surface area contributed by atoms with Gasteiger partial charge in [0, 0.05) is 25.7 Å². The summed E-state index contributed by atoms with van der Waals surface area (Å²) in [5.74, 6) is -0.212. The third kappa shape index (κ3) is 3.46. The van der Waals surface area contributed by atoms with Crippen LogP contribution in [0.3, 0.4) is 0 Å². The van der Waals surface area contributed by atoms with Gasteiger partial charge in [-0.05, 0) is 19.1 Å². The SMILES string of the molecule is CC1CN(C(=O)Cn2c(=O)[nH]c3ccccc3c2=O)CCN1.Cl. The highest BCUT2D eigenvalue weighted by molar-refractivity contribution is 5.85. The maximum atomic E-state index is 12.4. The molecular formula is C15H19ClN4O3. The Labute approximate surface area is 138 Å². The van der Waals surface area contributed by atoms with Gasteiger partial charge in [0.1, 0.15) is 6.54 Å². The van der Waals surface area contributed by atoms with Crippen molar-refractivity contribution in [1.29, 1.82) is 0 Å². The number of aromatic amines is 1. The molecule has 2 aromatic rings. The van der Waals surface area contributed by atoms with Crippen LogP contribution in [-0.4, -0.2) is 46.0 Å². The number of amides is 1. The fourth-order valence-corrected chi connectivity index (χ4v) is 2.74. The summed E-state index contributed by atoms with van der Waals surface area (Å²) in [6, 6.07) is 7.00. The van der Waals surface area contributed by atoms with Crippen molar-refractivity contribution < 1.29 is 4.79 Å². The van der Waals surface area contributed by atoms with Gasteiger partial charge >= 0.3 is 5.69 Å². The summed E-state index contributed by atoms with van der Waals surface area (Å²) in [5, 5.41) is 3.65. The molecule has 1 unspecified atom stereocenters. The highest BCUT2D eigenvalue weighted by atomic mass is 35.5. The number of carbonyl (C=O) groups is 1. The molecular weight excluding hydrogens is 320 g/mol. The Balaban J connectivity index is 0.00000192. The van der Waals surface area contributed by atoms with Crippen LogP contribution in [0.25, 0.3) is 10.9 Å². The van der Waals surface area contributed by atoms with Crippen LogP contribution in [0, 0.1) is 0 Å². The van der Waals surface area contributed by atoms with E-state index in [0.717, 1.165) is 11.1 Å². The number of hydrogen-bond donors (Lipinski definition) is 2. The summed E-state index contributed by atoms with van der Waals surface area (Å²) in [4.78, 5) is 41.1. The molecule has 0 radical (unpaired) electrons. The highest BCUT2D eigenvalue weighted by Gasteiger charge is 2.21. The minimum Gasteiger partial charge on any atom is -0.338 e. The number of H-pyrrole nitrogens is 1. The van der Waals surface area contributed by atoms with Crippen molar-refractivity contribution in [3.05, 3.63) is 45.1 Å². The van der Waals surface area contributed by atoms with E-state index >= 15 is 0 Å². The van der Waals surface area contributed by atoms with E-state index in [4.69, 9.17) is 0 Å². The van der Waals surface area contributed by atoms with E-state index in [0.29, 0.717) is 24.0 Å². The second-order valence-electron chi connectivity index (χ2n) is 5.56.